The van der Waals surface area contributed by atoms with E-state index in [-0.39, 0.29) is 28.8 Å². The quantitative estimate of drug-likeness (QED) is 0.483. The molecular weight excluding hydrogens is 408 g/mol. The fourth-order valence-electron chi connectivity index (χ4n) is 8.58. The van der Waals surface area contributed by atoms with Crippen molar-refractivity contribution in [2.45, 2.75) is 71.7 Å². The van der Waals surface area contributed by atoms with Crippen LogP contribution in [0.4, 0.5) is 0 Å². The molecule has 6 rings (SSSR count). The fraction of sp³-hybridized carbons (Fsp3) is 0.654. The minimum Gasteiger partial charge on any atom is -0.472 e. The number of epoxide rings is 1. The van der Waals surface area contributed by atoms with Gasteiger partial charge < -0.3 is 13.9 Å². The molecule has 0 N–H and O–H groups in total. The van der Waals surface area contributed by atoms with Crippen molar-refractivity contribution in [1.82, 2.24) is 0 Å². The lowest BCUT2D eigenvalue weighted by Gasteiger charge is -2.65. The van der Waals surface area contributed by atoms with E-state index in [4.69, 9.17) is 13.9 Å². The Bertz CT molecular complexity index is 1080. The third-order valence-corrected chi connectivity index (χ3v) is 10.3. The van der Waals surface area contributed by atoms with Crippen molar-refractivity contribution in [2.24, 2.45) is 33.5 Å². The molecule has 6 heteroatoms. The van der Waals surface area contributed by atoms with Gasteiger partial charge in [0, 0.05) is 22.8 Å². The Balaban J connectivity index is 1.54. The van der Waals surface area contributed by atoms with Crippen LogP contribution in [-0.4, -0.2) is 29.2 Å². The number of hydrogen-bond donors (Lipinski definition) is 0. The van der Waals surface area contributed by atoms with E-state index in [2.05, 4.69) is 20.8 Å². The zero-order valence-electron chi connectivity index (χ0n) is 19.3. The molecule has 2 saturated heterocycles. The van der Waals surface area contributed by atoms with Gasteiger partial charge >= 0.3 is 5.97 Å². The first kappa shape index (κ1) is 20.4. The first-order chi connectivity index (χ1) is 14.9. The highest BCUT2D eigenvalue weighted by molar-refractivity contribution is 6.01. The van der Waals surface area contributed by atoms with E-state index >= 15 is 0 Å². The number of fused-ring (bicyclic) bond motifs is 3. The Hall–Kier alpha value is -2.21. The summed E-state index contributed by atoms with van der Waals surface area (Å²) < 4.78 is 17.5. The first-order valence-electron chi connectivity index (χ1n) is 11.6. The van der Waals surface area contributed by atoms with Crippen LogP contribution in [0.15, 0.2) is 35.2 Å². The lowest BCUT2D eigenvalue weighted by molar-refractivity contribution is -0.213. The molecular formula is C26H30O6. The molecule has 1 spiro atoms. The summed E-state index contributed by atoms with van der Waals surface area (Å²) >= 11 is 0. The molecule has 4 fully saturated rings. The minimum atomic E-state index is -0.975. The van der Waals surface area contributed by atoms with E-state index in [0.29, 0.717) is 19.3 Å². The summed E-state index contributed by atoms with van der Waals surface area (Å²) in [5.41, 5.74) is -2.68. The van der Waals surface area contributed by atoms with Gasteiger partial charge in [-0.2, -0.15) is 0 Å². The van der Waals surface area contributed by atoms with Crippen LogP contribution in [0.2, 0.25) is 0 Å². The molecule has 32 heavy (non-hydrogen) atoms. The van der Waals surface area contributed by atoms with Gasteiger partial charge in [-0.1, -0.05) is 33.8 Å². The van der Waals surface area contributed by atoms with Crippen molar-refractivity contribution in [3.05, 3.63) is 36.3 Å². The number of Topliss-reactive ketones (excluding diaryl/α,β-unsaturated/α-hetero) is 1. The van der Waals surface area contributed by atoms with Crippen molar-refractivity contribution in [1.29, 1.82) is 0 Å². The van der Waals surface area contributed by atoms with Gasteiger partial charge in [0.2, 0.25) is 0 Å². The summed E-state index contributed by atoms with van der Waals surface area (Å²) in [4.78, 5) is 40.6. The topological polar surface area (TPSA) is 86.1 Å². The van der Waals surface area contributed by atoms with Gasteiger partial charge in [-0.15, -0.1) is 0 Å². The van der Waals surface area contributed by atoms with Gasteiger partial charge in [0.05, 0.1) is 17.9 Å². The van der Waals surface area contributed by atoms with Gasteiger partial charge in [-0.3, -0.25) is 9.59 Å². The highest BCUT2D eigenvalue weighted by Crippen LogP contribution is 2.78. The average molecular weight is 439 g/mol. The number of ether oxygens (including phenoxy) is 2. The number of esters is 1. The molecule has 1 aromatic heterocycles. The molecule has 3 heterocycles. The fourth-order valence-corrected chi connectivity index (χ4v) is 8.58. The number of hydrogen-bond acceptors (Lipinski definition) is 6. The molecule has 5 aliphatic rings. The second-order valence-corrected chi connectivity index (χ2v) is 11.8. The molecule has 0 bridgehead atoms. The molecule has 0 amide bonds. The SMILES string of the molecule is CC1(C)C=CC(=O)[C@@]2(C)C1CC(=O)[C@]1(C)C2CCC2(C)C(c3ccoc3)OC(=O)C3OC321. The molecule has 0 radical (unpaired) electrons. The van der Waals surface area contributed by atoms with E-state index in [9.17, 15) is 14.4 Å². The van der Waals surface area contributed by atoms with Crippen molar-refractivity contribution in [3.8, 4) is 0 Å². The maximum atomic E-state index is 14.1. The molecule has 2 aliphatic heterocycles. The summed E-state index contributed by atoms with van der Waals surface area (Å²) in [6, 6.07) is 1.81. The summed E-state index contributed by atoms with van der Waals surface area (Å²) in [5.74, 6) is -0.503. The molecule has 0 aromatic carbocycles. The zero-order chi connectivity index (χ0) is 22.9. The van der Waals surface area contributed by atoms with Crippen molar-refractivity contribution in [2.75, 3.05) is 0 Å². The van der Waals surface area contributed by atoms with Gasteiger partial charge in [0.15, 0.2) is 11.9 Å². The van der Waals surface area contributed by atoms with Crippen LogP contribution < -0.4 is 0 Å². The molecule has 6 nitrogen and oxygen atoms in total. The lowest BCUT2D eigenvalue weighted by Crippen LogP contribution is -2.72. The first-order valence-corrected chi connectivity index (χ1v) is 11.6. The monoisotopic (exact) mass is 438 g/mol. The number of allylic oxidation sites excluding steroid dienone is 2. The molecule has 170 valence electrons. The highest BCUT2D eigenvalue weighted by Gasteiger charge is 2.88. The van der Waals surface area contributed by atoms with Crippen LogP contribution in [0.5, 0.6) is 0 Å². The van der Waals surface area contributed by atoms with Crippen LogP contribution in [0.3, 0.4) is 0 Å². The van der Waals surface area contributed by atoms with E-state index < -0.39 is 40.0 Å². The smallest absolute Gasteiger partial charge is 0.339 e. The standard InChI is InChI=1S/C26H30O6/c1-22(2)9-7-17(27)24(4)15-6-10-23(3)19(14-8-11-30-13-14)31-21(29)20-26(23,32-20)25(15,5)18(28)12-16(22)24/h7-9,11,13,15-16,19-20H,6,10,12H2,1-5H3/t15?,16?,19?,20?,23?,24-,25+,26?/m1/s1. The summed E-state index contributed by atoms with van der Waals surface area (Å²) in [5, 5.41) is 0. The largest absolute Gasteiger partial charge is 0.472 e. The predicted molar refractivity (Wildman–Crippen MR) is 113 cm³/mol. The maximum absolute atomic E-state index is 14.1. The zero-order valence-corrected chi connectivity index (χ0v) is 19.3. The molecule has 8 atom stereocenters. The van der Waals surface area contributed by atoms with E-state index in [1.807, 2.05) is 26.0 Å². The molecule has 3 aliphatic carbocycles. The number of cyclic esters (lactones) is 1. The van der Waals surface area contributed by atoms with Crippen molar-refractivity contribution < 1.29 is 28.3 Å². The number of ketones is 2. The van der Waals surface area contributed by atoms with Crippen LogP contribution in [0.1, 0.15) is 65.5 Å². The summed E-state index contributed by atoms with van der Waals surface area (Å²) in [7, 11) is 0. The molecule has 6 unspecified atom stereocenters. The number of rotatable bonds is 1. The third-order valence-electron chi connectivity index (χ3n) is 10.3. The van der Waals surface area contributed by atoms with Gasteiger partial charge in [-0.25, -0.2) is 4.79 Å². The second kappa shape index (κ2) is 5.64. The van der Waals surface area contributed by atoms with Crippen LogP contribution in [0.25, 0.3) is 0 Å². The minimum absolute atomic E-state index is 0.0729. The van der Waals surface area contributed by atoms with E-state index in [1.54, 1.807) is 18.6 Å². The van der Waals surface area contributed by atoms with Crippen LogP contribution in [-0.2, 0) is 23.9 Å². The van der Waals surface area contributed by atoms with Crippen LogP contribution in [0, 0.1) is 33.5 Å². The van der Waals surface area contributed by atoms with Crippen LogP contribution >= 0.6 is 0 Å². The molecule has 1 aromatic rings. The number of carbonyl (C=O) groups excluding carboxylic acids is 3. The predicted octanol–water partition coefficient (Wildman–Crippen LogP) is 4.20. The van der Waals surface area contributed by atoms with E-state index in [1.165, 1.54) is 0 Å². The lowest BCUT2D eigenvalue weighted by atomic mass is 9.36. The second-order valence-electron chi connectivity index (χ2n) is 11.8. The Labute approximate surface area is 187 Å². The maximum Gasteiger partial charge on any atom is 0.339 e. The van der Waals surface area contributed by atoms with Crippen molar-refractivity contribution >= 4 is 17.5 Å². The Kier molecular flexibility index (Phi) is 3.60. The van der Waals surface area contributed by atoms with E-state index in [0.717, 1.165) is 5.56 Å². The van der Waals surface area contributed by atoms with Gasteiger partial charge in [0.1, 0.15) is 17.5 Å². The number of furan rings is 1. The average Bonchev–Trinajstić information content (AvgIpc) is 3.30. The Morgan fingerprint density at radius 2 is 1.75 bits per heavy atom. The number of carbonyl (C=O) groups is 3. The third kappa shape index (κ3) is 1.92. The van der Waals surface area contributed by atoms with Crippen molar-refractivity contribution in [3.63, 3.8) is 0 Å². The summed E-state index contributed by atoms with van der Waals surface area (Å²) in [6.45, 7) is 10.3. The van der Waals surface area contributed by atoms with Gasteiger partial charge in [0.25, 0.3) is 0 Å². The summed E-state index contributed by atoms with van der Waals surface area (Å²) in [6.07, 6.45) is 7.23. The van der Waals surface area contributed by atoms with Gasteiger partial charge in [-0.05, 0) is 49.2 Å². The molecule has 2 saturated carbocycles. The normalized spacial score (nSPS) is 50.6. The highest BCUT2D eigenvalue weighted by atomic mass is 16.7. The Morgan fingerprint density at radius 3 is 2.44 bits per heavy atom. The Morgan fingerprint density at radius 1 is 1.00 bits per heavy atom.